The Hall–Kier alpha value is -2.19. The molecule has 0 radical (unpaired) electrons. The molecule has 3 heterocycles. The first-order valence-corrected chi connectivity index (χ1v) is 9.32. The quantitative estimate of drug-likeness (QED) is 0.656. The number of thioether (sulfide) groups is 1. The summed E-state index contributed by atoms with van der Waals surface area (Å²) in [7, 11) is 1.90. The van der Waals surface area contributed by atoms with Gasteiger partial charge in [0.15, 0.2) is 11.0 Å². The van der Waals surface area contributed by atoms with Crippen LogP contribution in [0.15, 0.2) is 47.2 Å². The van der Waals surface area contributed by atoms with E-state index in [0.29, 0.717) is 12.3 Å². The van der Waals surface area contributed by atoms with Gasteiger partial charge in [0.05, 0.1) is 5.75 Å². The summed E-state index contributed by atoms with van der Waals surface area (Å²) in [6.45, 7) is 0.654. The van der Waals surface area contributed by atoms with E-state index < -0.39 is 0 Å². The molecular formula is C16H17N5OS2. The molecule has 8 heteroatoms. The van der Waals surface area contributed by atoms with Crippen LogP contribution in [0.25, 0.3) is 11.4 Å². The molecule has 3 aromatic heterocycles. The van der Waals surface area contributed by atoms with Gasteiger partial charge in [0.25, 0.3) is 0 Å². The van der Waals surface area contributed by atoms with Crippen molar-refractivity contribution in [3.63, 3.8) is 0 Å². The van der Waals surface area contributed by atoms with Crippen molar-refractivity contribution in [1.82, 2.24) is 25.1 Å². The van der Waals surface area contributed by atoms with Gasteiger partial charge in [0.1, 0.15) is 0 Å². The van der Waals surface area contributed by atoms with Crippen molar-refractivity contribution in [3.8, 4) is 11.4 Å². The highest BCUT2D eigenvalue weighted by molar-refractivity contribution is 7.99. The number of amides is 1. The van der Waals surface area contributed by atoms with Gasteiger partial charge in [0, 0.05) is 36.4 Å². The van der Waals surface area contributed by atoms with Crippen molar-refractivity contribution in [1.29, 1.82) is 0 Å². The molecule has 0 unspecified atom stereocenters. The van der Waals surface area contributed by atoms with Crippen LogP contribution < -0.4 is 5.32 Å². The SMILES string of the molecule is Cn1c(SCC(=O)NCCc2cccs2)nnc1-c1ccncc1. The fourth-order valence-corrected chi connectivity index (χ4v) is 3.60. The summed E-state index contributed by atoms with van der Waals surface area (Å²) in [5, 5.41) is 14.0. The third kappa shape index (κ3) is 4.21. The zero-order valence-corrected chi connectivity index (χ0v) is 14.8. The Morgan fingerprint density at radius 3 is 2.88 bits per heavy atom. The first kappa shape index (κ1) is 16.7. The van der Waals surface area contributed by atoms with Gasteiger partial charge in [-0.15, -0.1) is 21.5 Å². The van der Waals surface area contributed by atoms with Gasteiger partial charge in [0.2, 0.25) is 5.91 Å². The lowest BCUT2D eigenvalue weighted by Gasteiger charge is -2.05. The Bertz CT molecular complexity index is 786. The molecule has 3 rings (SSSR count). The summed E-state index contributed by atoms with van der Waals surface area (Å²) >= 11 is 3.09. The van der Waals surface area contributed by atoms with E-state index in [-0.39, 0.29) is 5.91 Å². The molecule has 0 saturated heterocycles. The number of aromatic nitrogens is 4. The lowest BCUT2D eigenvalue weighted by molar-refractivity contribution is -0.118. The molecule has 1 N–H and O–H groups in total. The average molecular weight is 359 g/mol. The number of thiophene rings is 1. The molecule has 0 bridgehead atoms. The Morgan fingerprint density at radius 2 is 2.12 bits per heavy atom. The lowest BCUT2D eigenvalue weighted by atomic mass is 10.2. The van der Waals surface area contributed by atoms with Crippen LogP contribution >= 0.6 is 23.1 Å². The van der Waals surface area contributed by atoms with Crippen LogP contribution in [0.1, 0.15) is 4.88 Å². The van der Waals surface area contributed by atoms with Crippen molar-refractivity contribution >= 4 is 29.0 Å². The normalized spacial score (nSPS) is 10.7. The molecule has 124 valence electrons. The topological polar surface area (TPSA) is 72.7 Å². The van der Waals surface area contributed by atoms with Crippen molar-refractivity contribution < 1.29 is 4.79 Å². The van der Waals surface area contributed by atoms with E-state index in [0.717, 1.165) is 23.0 Å². The summed E-state index contributed by atoms with van der Waals surface area (Å²) in [6.07, 6.45) is 4.31. The van der Waals surface area contributed by atoms with Gasteiger partial charge in [-0.05, 0) is 30.0 Å². The molecule has 1 amide bonds. The third-order valence-corrected chi connectivity index (χ3v) is 5.34. The first-order chi connectivity index (χ1) is 11.7. The van der Waals surface area contributed by atoms with Gasteiger partial charge in [-0.1, -0.05) is 17.8 Å². The summed E-state index contributed by atoms with van der Waals surface area (Å²) in [5.74, 6) is 1.09. The number of carbonyl (C=O) groups excluding carboxylic acids is 1. The maximum Gasteiger partial charge on any atom is 0.230 e. The number of hydrogen-bond acceptors (Lipinski definition) is 6. The van der Waals surface area contributed by atoms with E-state index in [1.807, 2.05) is 35.2 Å². The molecule has 0 saturated carbocycles. The molecule has 0 spiro atoms. The van der Waals surface area contributed by atoms with Crippen molar-refractivity contribution in [2.24, 2.45) is 7.05 Å². The number of nitrogens with zero attached hydrogens (tertiary/aromatic N) is 4. The van der Waals surface area contributed by atoms with Crippen LogP contribution in [-0.2, 0) is 18.3 Å². The monoisotopic (exact) mass is 359 g/mol. The second-order valence-electron chi connectivity index (χ2n) is 5.07. The van der Waals surface area contributed by atoms with Crippen LogP contribution in [0.3, 0.4) is 0 Å². The predicted molar refractivity (Wildman–Crippen MR) is 96.0 cm³/mol. The number of pyridine rings is 1. The van der Waals surface area contributed by atoms with Gasteiger partial charge >= 0.3 is 0 Å². The third-order valence-electron chi connectivity index (χ3n) is 3.38. The standard InChI is InChI=1S/C16H17N5OS2/c1-21-15(12-4-7-17-8-5-12)19-20-16(21)24-11-14(22)18-9-6-13-3-2-10-23-13/h2-5,7-8,10H,6,9,11H2,1H3,(H,18,22). The first-order valence-electron chi connectivity index (χ1n) is 7.45. The zero-order valence-electron chi connectivity index (χ0n) is 13.2. The highest BCUT2D eigenvalue weighted by Crippen LogP contribution is 2.21. The van der Waals surface area contributed by atoms with E-state index >= 15 is 0 Å². The minimum atomic E-state index is 0.00465. The van der Waals surface area contributed by atoms with E-state index in [2.05, 4.69) is 26.6 Å². The average Bonchev–Trinajstić information content (AvgIpc) is 3.24. The van der Waals surface area contributed by atoms with E-state index in [4.69, 9.17) is 0 Å². The van der Waals surface area contributed by atoms with Gasteiger partial charge in [-0.2, -0.15) is 0 Å². The Kier molecular flexibility index (Phi) is 5.60. The van der Waals surface area contributed by atoms with E-state index in [9.17, 15) is 4.79 Å². The fourth-order valence-electron chi connectivity index (χ4n) is 2.15. The molecule has 24 heavy (non-hydrogen) atoms. The molecule has 0 fully saturated rings. The molecule has 0 aliphatic rings. The van der Waals surface area contributed by atoms with Gasteiger partial charge < -0.3 is 9.88 Å². The van der Waals surface area contributed by atoms with Crippen LogP contribution in [0.4, 0.5) is 0 Å². The number of hydrogen-bond donors (Lipinski definition) is 1. The van der Waals surface area contributed by atoms with Crippen molar-refractivity contribution in [2.75, 3.05) is 12.3 Å². The number of carbonyl (C=O) groups is 1. The maximum atomic E-state index is 11.9. The predicted octanol–water partition coefficient (Wildman–Crippen LogP) is 2.39. The van der Waals surface area contributed by atoms with Crippen LogP contribution in [-0.4, -0.2) is 38.0 Å². The molecule has 0 aliphatic carbocycles. The molecular weight excluding hydrogens is 342 g/mol. The molecule has 6 nitrogen and oxygen atoms in total. The minimum absolute atomic E-state index is 0.00465. The highest BCUT2D eigenvalue weighted by Gasteiger charge is 2.12. The summed E-state index contributed by atoms with van der Waals surface area (Å²) in [4.78, 5) is 17.2. The van der Waals surface area contributed by atoms with Gasteiger partial charge in [-0.3, -0.25) is 9.78 Å². The Balaban J connectivity index is 1.50. The number of nitrogens with one attached hydrogen (secondary N) is 1. The van der Waals surface area contributed by atoms with Crippen molar-refractivity contribution in [2.45, 2.75) is 11.6 Å². The fraction of sp³-hybridized carbons (Fsp3) is 0.250. The summed E-state index contributed by atoms with van der Waals surface area (Å²) < 4.78 is 1.89. The van der Waals surface area contributed by atoms with Gasteiger partial charge in [-0.25, -0.2) is 0 Å². The smallest absolute Gasteiger partial charge is 0.230 e. The molecule has 0 aliphatic heterocycles. The Labute approximate surface area is 148 Å². The van der Waals surface area contributed by atoms with Crippen molar-refractivity contribution in [3.05, 3.63) is 46.9 Å². The van der Waals surface area contributed by atoms with Crippen LogP contribution in [0, 0.1) is 0 Å². The Morgan fingerprint density at radius 1 is 1.29 bits per heavy atom. The lowest BCUT2D eigenvalue weighted by Crippen LogP contribution is -2.27. The van der Waals surface area contributed by atoms with E-state index in [1.54, 1.807) is 23.7 Å². The molecule has 0 atom stereocenters. The summed E-state index contributed by atoms with van der Waals surface area (Å²) in [6, 6.07) is 7.86. The van der Waals surface area contributed by atoms with Crippen LogP contribution in [0.2, 0.25) is 0 Å². The largest absolute Gasteiger partial charge is 0.355 e. The highest BCUT2D eigenvalue weighted by atomic mass is 32.2. The second kappa shape index (κ2) is 8.07. The molecule has 0 aromatic carbocycles. The number of rotatable bonds is 7. The second-order valence-corrected chi connectivity index (χ2v) is 7.04. The summed E-state index contributed by atoms with van der Waals surface area (Å²) in [5.41, 5.74) is 0.951. The maximum absolute atomic E-state index is 11.9. The van der Waals surface area contributed by atoms with Crippen LogP contribution in [0.5, 0.6) is 0 Å². The molecule has 3 aromatic rings. The minimum Gasteiger partial charge on any atom is -0.355 e. The van der Waals surface area contributed by atoms with E-state index in [1.165, 1.54) is 16.6 Å². The zero-order chi connectivity index (χ0) is 16.8.